The molecule has 2 amide bonds. The molecule has 1 aliphatic heterocycles. The number of nitrogens with one attached hydrogen (secondary N) is 2. The zero-order chi connectivity index (χ0) is 15.4. The summed E-state index contributed by atoms with van der Waals surface area (Å²) in [6, 6.07) is 0. The average Bonchev–Trinajstić information content (AvgIpc) is 2.75. The van der Waals surface area contributed by atoms with E-state index in [0.29, 0.717) is 0 Å². The average molecular weight is 283 g/mol. The van der Waals surface area contributed by atoms with Gasteiger partial charge in [-0.3, -0.25) is 9.59 Å². The van der Waals surface area contributed by atoms with E-state index in [1.807, 2.05) is 20.8 Å². The number of carbonyl (C=O) groups excluding carboxylic acids is 2. The van der Waals surface area contributed by atoms with E-state index in [2.05, 4.69) is 17.6 Å². The molecule has 0 bridgehead atoms. The van der Waals surface area contributed by atoms with Gasteiger partial charge in [0, 0.05) is 12.6 Å². The second-order valence-electron chi connectivity index (χ2n) is 6.82. The van der Waals surface area contributed by atoms with Crippen LogP contribution in [0.5, 0.6) is 0 Å². The van der Waals surface area contributed by atoms with Gasteiger partial charge in [0.15, 0.2) is 0 Å². The summed E-state index contributed by atoms with van der Waals surface area (Å²) in [5.41, 5.74) is -0.723. The fourth-order valence-corrected chi connectivity index (χ4v) is 2.85. The zero-order valence-corrected chi connectivity index (χ0v) is 13.5. The van der Waals surface area contributed by atoms with Crippen molar-refractivity contribution in [2.75, 3.05) is 20.1 Å². The van der Waals surface area contributed by atoms with Gasteiger partial charge in [-0.05, 0) is 46.6 Å². The first-order valence-corrected chi connectivity index (χ1v) is 7.52. The Labute approximate surface area is 122 Å². The molecule has 20 heavy (non-hydrogen) atoms. The Hall–Kier alpha value is -1.10. The Bertz CT molecular complexity index is 355. The summed E-state index contributed by atoms with van der Waals surface area (Å²) in [6.45, 7) is 8.88. The van der Waals surface area contributed by atoms with Crippen molar-refractivity contribution in [3.8, 4) is 0 Å². The van der Waals surface area contributed by atoms with Crippen LogP contribution in [-0.4, -0.2) is 47.9 Å². The number of carbonyl (C=O) groups is 2. The monoisotopic (exact) mass is 283 g/mol. The first kappa shape index (κ1) is 17.0. The van der Waals surface area contributed by atoms with Crippen LogP contribution in [0, 0.1) is 0 Å². The molecule has 0 aliphatic carbocycles. The third kappa shape index (κ3) is 4.47. The maximum Gasteiger partial charge on any atom is 0.243 e. The van der Waals surface area contributed by atoms with Crippen molar-refractivity contribution in [2.45, 2.75) is 64.5 Å². The number of nitrogens with zero attached hydrogens (tertiary/aromatic N) is 1. The lowest BCUT2D eigenvalue weighted by atomic mass is 9.90. The van der Waals surface area contributed by atoms with E-state index in [1.165, 1.54) is 0 Å². The molecule has 1 rings (SSSR count). The number of hydrogen-bond acceptors (Lipinski definition) is 3. The molecule has 116 valence electrons. The van der Waals surface area contributed by atoms with E-state index in [4.69, 9.17) is 0 Å². The first-order valence-electron chi connectivity index (χ1n) is 7.52. The fraction of sp³-hybridized carbons (Fsp3) is 0.867. The highest BCUT2D eigenvalue weighted by Crippen LogP contribution is 2.26. The first-order chi connectivity index (χ1) is 9.20. The van der Waals surface area contributed by atoms with Crippen molar-refractivity contribution in [1.29, 1.82) is 0 Å². The molecule has 0 spiro atoms. The van der Waals surface area contributed by atoms with Crippen LogP contribution in [0.4, 0.5) is 0 Å². The Kier molecular flexibility index (Phi) is 5.57. The molecule has 0 aromatic carbocycles. The quantitative estimate of drug-likeness (QED) is 0.799. The predicted octanol–water partition coefficient (Wildman–Crippen LogP) is 1.28. The van der Waals surface area contributed by atoms with Gasteiger partial charge < -0.3 is 15.5 Å². The van der Waals surface area contributed by atoms with Crippen LogP contribution >= 0.6 is 0 Å². The van der Waals surface area contributed by atoms with Gasteiger partial charge in [-0.1, -0.05) is 13.3 Å². The molecule has 0 aromatic heterocycles. The van der Waals surface area contributed by atoms with Gasteiger partial charge in [-0.15, -0.1) is 0 Å². The molecular weight excluding hydrogens is 254 g/mol. The summed E-state index contributed by atoms with van der Waals surface area (Å²) in [5.74, 6) is -0.0705. The van der Waals surface area contributed by atoms with Gasteiger partial charge in [0.25, 0.3) is 0 Å². The van der Waals surface area contributed by atoms with Crippen molar-refractivity contribution in [2.24, 2.45) is 0 Å². The lowest BCUT2D eigenvalue weighted by Gasteiger charge is -2.33. The van der Waals surface area contributed by atoms with E-state index in [-0.39, 0.29) is 23.9 Å². The summed E-state index contributed by atoms with van der Waals surface area (Å²) >= 11 is 0. The van der Waals surface area contributed by atoms with Gasteiger partial charge in [-0.25, -0.2) is 0 Å². The van der Waals surface area contributed by atoms with Crippen molar-refractivity contribution in [3.63, 3.8) is 0 Å². The largest absolute Gasteiger partial charge is 0.350 e. The molecule has 0 aromatic rings. The van der Waals surface area contributed by atoms with E-state index in [9.17, 15) is 9.59 Å². The van der Waals surface area contributed by atoms with Crippen LogP contribution in [0.2, 0.25) is 0 Å². The van der Waals surface area contributed by atoms with Gasteiger partial charge in [0.2, 0.25) is 11.8 Å². The lowest BCUT2D eigenvalue weighted by Crippen LogP contribution is -2.56. The molecule has 2 N–H and O–H groups in total. The molecule has 5 heteroatoms. The highest BCUT2D eigenvalue weighted by Gasteiger charge is 2.41. The molecule has 1 heterocycles. The van der Waals surface area contributed by atoms with Crippen LogP contribution < -0.4 is 10.6 Å². The summed E-state index contributed by atoms with van der Waals surface area (Å²) in [5, 5.41) is 6.24. The molecule has 0 radical (unpaired) electrons. The van der Waals surface area contributed by atoms with Gasteiger partial charge in [0.1, 0.15) is 0 Å². The predicted molar refractivity (Wildman–Crippen MR) is 80.4 cm³/mol. The van der Waals surface area contributed by atoms with E-state index >= 15 is 0 Å². The Morgan fingerprint density at radius 3 is 2.45 bits per heavy atom. The van der Waals surface area contributed by atoms with Crippen molar-refractivity contribution in [3.05, 3.63) is 0 Å². The summed E-state index contributed by atoms with van der Waals surface area (Å²) in [7, 11) is 1.71. The highest BCUT2D eigenvalue weighted by molar-refractivity contribution is 5.90. The zero-order valence-electron chi connectivity index (χ0n) is 13.5. The Balaban J connectivity index is 2.63. The summed E-state index contributed by atoms with van der Waals surface area (Å²) in [6.07, 6.45) is 3.68. The standard InChI is InChI=1S/C15H29N3O2/c1-6-8-15(9-7-10-16-15)13(20)18(5)11-12(19)17-14(2,3)4/h16H,6-11H2,1-5H3,(H,17,19). The van der Waals surface area contributed by atoms with Gasteiger partial charge in [-0.2, -0.15) is 0 Å². The van der Waals surface area contributed by atoms with Gasteiger partial charge in [0.05, 0.1) is 12.1 Å². The number of hydrogen-bond donors (Lipinski definition) is 2. The maximum absolute atomic E-state index is 12.6. The second kappa shape index (κ2) is 6.57. The van der Waals surface area contributed by atoms with Crippen LogP contribution in [0.15, 0.2) is 0 Å². The Morgan fingerprint density at radius 2 is 2.00 bits per heavy atom. The van der Waals surface area contributed by atoms with Crippen LogP contribution in [0.3, 0.4) is 0 Å². The molecule has 1 fully saturated rings. The van der Waals surface area contributed by atoms with Crippen LogP contribution in [0.25, 0.3) is 0 Å². The van der Waals surface area contributed by atoms with Crippen LogP contribution in [0.1, 0.15) is 53.4 Å². The van der Waals surface area contributed by atoms with Gasteiger partial charge >= 0.3 is 0 Å². The minimum Gasteiger partial charge on any atom is -0.350 e. The smallest absolute Gasteiger partial charge is 0.243 e. The third-order valence-electron chi connectivity index (χ3n) is 3.57. The normalized spacial score (nSPS) is 22.6. The minimum absolute atomic E-state index is 0.0425. The molecule has 0 saturated carbocycles. The highest BCUT2D eigenvalue weighted by atomic mass is 16.2. The van der Waals surface area contributed by atoms with Crippen LogP contribution in [-0.2, 0) is 9.59 Å². The Morgan fingerprint density at radius 1 is 1.35 bits per heavy atom. The fourth-order valence-electron chi connectivity index (χ4n) is 2.85. The molecule has 1 aliphatic rings. The van der Waals surface area contributed by atoms with Crippen molar-refractivity contribution in [1.82, 2.24) is 15.5 Å². The minimum atomic E-state index is -0.453. The van der Waals surface area contributed by atoms with E-state index < -0.39 is 5.54 Å². The molecular formula is C15H29N3O2. The number of rotatable bonds is 5. The molecule has 5 nitrogen and oxygen atoms in total. The van der Waals surface area contributed by atoms with E-state index in [0.717, 1.165) is 32.2 Å². The maximum atomic E-state index is 12.6. The third-order valence-corrected chi connectivity index (χ3v) is 3.57. The molecule has 1 atom stereocenters. The van der Waals surface area contributed by atoms with E-state index in [1.54, 1.807) is 11.9 Å². The van der Waals surface area contributed by atoms with Crippen molar-refractivity contribution < 1.29 is 9.59 Å². The molecule has 1 unspecified atom stereocenters. The SMILES string of the molecule is CCCC1(C(=O)N(C)CC(=O)NC(C)(C)C)CCCN1. The summed E-state index contributed by atoms with van der Waals surface area (Å²) in [4.78, 5) is 26.1. The number of amides is 2. The molecule has 1 saturated heterocycles. The summed E-state index contributed by atoms with van der Waals surface area (Å²) < 4.78 is 0. The topological polar surface area (TPSA) is 61.4 Å². The van der Waals surface area contributed by atoms with Crippen molar-refractivity contribution >= 4 is 11.8 Å². The second-order valence-corrected chi connectivity index (χ2v) is 6.82. The lowest BCUT2D eigenvalue weighted by molar-refractivity contribution is -0.140. The number of likely N-dealkylation sites (N-methyl/N-ethyl adjacent to an activating group) is 1.